The van der Waals surface area contributed by atoms with Crippen LogP contribution in [0.5, 0.6) is 5.75 Å². The van der Waals surface area contributed by atoms with E-state index in [9.17, 15) is 8.78 Å². The maximum atomic E-state index is 14.7. The minimum Gasteiger partial charge on any atom is -0.462 e. The van der Waals surface area contributed by atoms with Crippen LogP contribution >= 0.6 is 0 Å². The number of allylic oxidation sites excluding steroid dienone is 1. The molecule has 0 saturated heterocycles. The van der Waals surface area contributed by atoms with Crippen molar-refractivity contribution in [2.75, 3.05) is 0 Å². The van der Waals surface area contributed by atoms with Gasteiger partial charge in [-0.2, -0.15) is 4.39 Å². The van der Waals surface area contributed by atoms with Crippen LogP contribution in [0.15, 0.2) is 48.7 Å². The first-order chi connectivity index (χ1) is 17.1. The van der Waals surface area contributed by atoms with E-state index in [4.69, 9.17) is 4.74 Å². The van der Waals surface area contributed by atoms with E-state index in [0.29, 0.717) is 11.5 Å². The average Bonchev–Trinajstić information content (AvgIpc) is 2.90. The van der Waals surface area contributed by atoms with Gasteiger partial charge in [0, 0.05) is 5.56 Å². The van der Waals surface area contributed by atoms with Gasteiger partial charge in [-0.1, -0.05) is 75.8 Å². The van der Waals surface area contributed by atoms with Crippen LogP contribution in [-0.2, 0) is 0 Å². The molecule has 35 heavy (non-hydrogen) atoms. The van der Waals surface area contributed by atoms with Crippen molar-refractivity contribution in [3.8, 4) is 16.9 Å². The highest BCUT2D eigenvalue weighted by Gasteiger charge is 2.31. The molecule has 2 aliphatic rings. The highest BCUT2D eigenvalue weighted by Crippen LogP contribution is 2.44. The summed E-state index contributed by atoms with van der Waals surface area (Å²) in [5, 5.41) is 0. The Morgan fingerprint density at radius 1 is 0.800 bits per heavy atom. The van der Waals surface area contributed by atoms with Crippen molar-refractivity contribution in [3.63, 3.8) is 0 Å². The standard InChI is InChI=1S/C32H42F2O/c1-3-5-6-7-23-8-10-24(11-9-23)25-12-14-26(15-13-25)27-16-18-28(19-17-27)29-20-21-30(35-22-4-2)32(34)31(29)33/h4,16-26H,3,5-15H2,1-2H3. The number of hydrogen-bond acceptors (Lipinski definition) is 1. The van der Waals surface area contributed by atoms with Gasteiger partial charge in [0.15, 0.2) is 11.6 Å². The molecule has 0 radical (unpaired) electrons. The predicted molar refractivity (Wildman–Crippen MR) is 142 cm³/mol. The van der Waals surface area contributed by atoms with Crippen molar-refractivity contribution >= 4 is 0 Å². The number of hydrogen-bond donors (Lipinski definition) is 0. The fourth-order valence-corrected chi connectivity index (χ4v) is 6.48. The summed E-state index contributed by atoms with van der Waals surface area (Å²) in [6, 6.07) is 11.2. The van der Waals surface area contributed by atoms with Gasteiger partial charge in [0.25, 0.3) is 0 Å². The molecule has 0 aliphatic heterocycles. The Kier molecular flexibility index (Phi) is 9.40. The lowest BCUT2D eigenvalue weighted by molar-refractivity contribution is 0.155. The molecule has 0 atom stereocenters. The van der Waals surface area contributed by atoms with Crippen molar-refractivity contribution in [2.24, 2.45) is 17.8 Å². The lowest BCUT2D eigenvalue weighted by Crippen LogP contribution is -2.25. The molecule has 0 amide bonds. The summed E-state index contributed by atoms with van der Waals surface area (Å²) in [7, 11) is 0. The molecule has 0 unspecified atom stereocenters. The molecule has 0 bridgehead atoms. The summed E-state index contributed by atoms with van der Waals surface area (Å²) in [6.07, 6.45) is 19.6. The molecule has 2 aliphatic carbocycles. The monoisotopic (exact) mass is 480 g/mol. The number of unbranched alkanes of at least 4 members (excludes halogenated alkanes) is 2. The second-order valence-electron chi connectivity index (χ2n) is 10.8. The quantitative estimate of drug-likeness (QED) is 0.256. The number of halogens is 2. The smallest absolute Gasteiger partial charge is 0.201 e. The molecule has 2 fully saturated rings. The van der Waals surface area contributed by atoms with E-state index in [2.05, 4.69) is 19.1 Å². The zero-order valence-electron chi connectivity index (χ0n) is 21.6. The van der Waals surface area contributed by atoms with E-state index in [0.717, 1.165) is 17.8 Å². The third-order valence-corrected chi connectivity index (χ3v) is 8.62. The molecule has 1 nitrogen and oxygen atoms in total. The first-order valence-corrected chi connectivity index (χ1v) is 14.0. The Morgan fingerprint density at radius 2 is 1.46 bits per heavy atom. The van der Waals surface area contributed by atoms with E-state index in [1.165, 1.54) is 94.9 Å². The first kappa shape index (κ1) is 25.9. The van der Waals surface area contributed by atoms with E-state index in [-0.39, 0.29) is 11.3 Å². The summed E-state index contributed by atoms with van der Waals surface area (Å²) < 4.78 is 34.2. The zero-order chi connectivity index (χ0) is 24.6. The van der Waals surface area contributed by atoms with Crippen LogP contribution in [0.25, 0.3) is 11.1 Å². The van der Waals surface area contributed by atoms with Crippen LogP contribution in [0, 0.1) is 29.4 Å². The zero-order valence-corrected chi connectivity index (χ0v) is 21.6. The Morgan fingerprint density at radius 3 is 2.09 bits per heavy atom. The van der Waals surface area contributed by atoms with Crippen molar-refractivity contribution < 1.29 is 13.5 Å². The van der Waals surface area contributed by atoms with Crippen LogP contribution in [0.4, 0.5) is 8.78 Å². The Balaban J connectivity index is 1.29. The normalized spacial score (nSPS) is 25.1. The molecule has 0 aromatic heterocycles. The molecular formula is C32H42F2O. The second kappa shape index (κ2) is 12.7. The van der Waals surface area contributed by atoms with Crippen LogP contribution < -0.4 is 4.74 Å². The van der Waals surface area contributed by atoms with Crippen molar-refractivity contribution in [1.82, 2.24) is 0 Å². The summed E-state index contributed by atoms with van der Waals surface area (Å²) >= 11 is 0. The van der Waals surface area contributed by atoms with Gasteiger partial charge < -0.3 is 4.74 Å². The summed E-state index contributed by atoms with van der Waals surface area (Å²) in [4.78, 5) is 0. The van der Waals surface area contributed by atoms with E-state index < -0.39 is 11.6 Å². The van der Waals surface area contributed by atoms with Crippen LogP contribution in [0.2, 0.25) is 0 Å². The van der Waals surface area contributed by atoms with E-state index >= 15 is 0 Å². The second-order valence-corrected chi connectivity index (χ2v) is 10.8. The van der Waals surface area contributed by atoms with Crippen molar-refractivity contribution in [3.05, 3.63) is 65.9 Å². The molecule has 0 N–H and O–H groups in total. The molecule has 2 saturated carbocycles. The molecule has 4 rings (SSSR count). The highest BCUT2D eigenvalue weighted by molar-refractivity contribution is 5.65. The summed E-state index contributed by atoms with van der Waals surface area (Å²) in [6.45, 7) is 4.06. The number of rotatable bonds is 9. The highest BCUT2D eigenvalue weighted by atomic mass is 19.2. The lowest BCUT2D eigenvalue weighted by atomic mass is 9.68. The SMILES string of the molecule is CC=COc1ccc(-c2ccc(C3CCC(C4CCC(CCCCC)CC4)CC3)cc2)c(F)c1F. The summed E-state index contributed by atoms with van der Waals surface area (Å²) in [5.74, 6) is 1.52. The molecule has 0 heterocycles. The fourth-order valence-electron chi connectivity index (χ4n) is 6.48. The lowest BCUT2D eigenvalue weighted by Gasteiger charge is -2.38. The Bertz CT molecular complexity index is 948. The van der Waals surface area contributed by atoms with Crippen molar-refractivity contribution in [1.29, 1.82) is 0 Å². The Hall–Kier alpha value is -2.16. The van der Waals surface area contributed by atoms with Gasteiger partial charge in [0.2, 0.25) is 5.82 Å². The first-order valence-electron chi connectivity index (χ1n) is 14.0. The van der Waals surface area contributed by atoms with Gasteiger partial charge in [-0.15, -0.1) is 0 Å². The average molecular weight is 481 g/mol. The third-order valence-electron chi connectivity index (χ3n) is 8.62. The predicted octanol–water partition coefficient (Wildman–Crippen LogP) is 10.2. The topological polar surface area (TPSA) is 9.23 Å². The molecule has 2 aromatic rings. The minimum absolute atomic E-state index is 0.0947. The van der Waals surface area contributed by atoms with Gasteiger partial charge in [0.1, 0.15) is 0 Å². The molecule has 190 valence electrons. The van der Waals surface area contributed by atoms with E-state index in [1.807, 2.05) is 12.1 Å². The maximum Gasteiger partial charge on any atom is 0.201 e. The fraction of sp³-hybridized carbons (Fsp3) is 0.562. The Labute approximate surface area is 211 Å². The largest absolute Gasteiger partial charge is 0.462 e. The molecule has 3 heteroatoms. The van der Waals surface area contributed by atoms with Gasteiger partial charge >= 0.3 is 0 Å². The van der Waals surface area contributed by atoms with Gasteiger partial charge in [-0.3, -0.25) is 0 Å². The number of benzene rings is 2. The van der Waals surface area contributed by atoms with Crippen LogP contribution in [-0.4, -0.2) is 0 Å². The van der Waals surface area contributed by atoms with Crippen molar-refractivity contribution in [2.45, 2.75) is 96.8 Å². The van der Waals surface area contributed by atoms with Gasteiger partial charge in [0.05, 0.1) is 6.26 Å². The summed E-state index contributed by atoms with van der Waals surface area (Å²) in [5.41, 5.74) is 2.31. The molecule has 0 spiro atoms. The maximum absolute atomic E-state index is 14.7. The molecular weight excluding hydrogens is 438 g/mol. The van der Waals surface area contributed by atoms with Gasteiger partial charge in [-0.25, -0.2) is 4.39 Å². The minimum atomic E-state index is -0.946. The van der Waals surface area contributed by atoms with Gasteiger partial charge in [-0.05, 0) is 92.4 Å². The van der Waals surface area contributed by atoms with E-state index in [1.54, 1.807) is 19.1 Å². The number of ether oxygens (including phenoxy) is 1. The third kappa shape index (κ3) is 6.54. The molecule has 2 aromatic carbocycles. The van der Waals surface area contributed by atoms with Crippen LogP contribution in [0.1, 0.15) is 102 Å². The van der Waals surface area contributed by atoms with Crippen LogP contribution in [0.3, 0.4) is 0 Å².